The van der Waals surface area contributed by atoms with Gasteiger partial charge in [0.2, 0.25) is 5.88 Å². The summed E-state index contributed by atoms with van der Waals surface area (Å²) in [6, 6.07) is 17.8. The second-order valence-corrected chi connectivity index (χ2v) is 7.49. The minimum atomic E-state index is -0.679. The fraction of sp³-hybridized carbons (Fsp3) is 0.217. The van der Waals surface area contributed by atoms with Crippen LogP contribution in [0.5, 0.6) is 17.4 Å². The molecule has 0 bridgehead atoms. The van der Waals surface area contributed by atoms with Crippen LogP contribution >= 0.6 is 11.6 Å². The molecule has 0 aliphatic carbocycles. The largest absolute Gasteiger partial charge is 0.497 e. The lowest BCUT2D eigenvalue weighted by Crippen LogP contribution is -2.38. The van der Waals surface area contributed by atoms with Gasteiger partial charge in [-0.25, -0.2) is 0 Å². The van der Waals surface area contributed by atoms with E-state index in [0.717, 1.165) is 11.3 Å². The number of nitrogens with one attached hydrogen (secondary N) is 1. The molecule has 0 aliphatic heterocycles. The lowest BCUT2D eigenvalue weighted by atomic mass is 10.2. The minimum absolute atomic E-state index is 0.230. The third-order valence-corrected chi connectivity index (χ3v) is 4.95. The van der Waals surface area contributed by atoms with E-state index in [4.69, 9.17) is 25.8 Å². The van der Waals surface area contributed by atoms with Crippen LogP contribution in [0.3, 0.4) is 0 Å². The third kappa shape index (κ3) is 5.50. The molecule has 1 unspecified atom stereocenters. The quantitative estimate of drug-likeness (QED) is 0.376. The first-order valence-electron chi connectivity index (χ1n) is 10.2. The summed E-state index contributed by atoms with van der Waals surface area (Å²) in [5, 5.41) is 16.1. The van der Waals surface area contributed by atoms with E-state index in [9.17, 15) is 4.79 Å². The van der Waals surface area contributed by atoms with Gasteiger partial charge in [-0.1, -0.05) is 17.7 Å². The Kier molecular flexibility index (Phi) is 6.89. The molecule has 1 amide bonds. The van der Waals surface area contributed by atoms with Gasteiger partial charge >= 0.3 is 0 Å². The van der Waals surface area contributed by atoms with Crippen LogP contribution in [0.25, 0.3) is 17.0 Å². The number of hydrogen-bond acceptors (Lipinski definition) is 7. The van der Waals surface area contributed by atoms with E-state index in [-0.39, 0.29) is 19.1 Å². The number of rotatable bonds is 9. The fourth-order valence-corrected chi connectivity index (χ4v) is 3.22. The maximum Gasteiger partial charge on any atom is 0.260 e. The van der Waals surface area contributed by atoms with Gasteiger partial charge in [-0.15, -0.1) is 15.3 Å². The Morgan fingerprint density at radius 2 is 1.91 bits per heavy atom. The zero-order chi connectivity index (χ0) is 23.2. The lowest BCUT2D eigenvalue weighted by Gasteiger charge is -2.15. The molecule has 0 aliphatic rings. The molecule has 1 atom stereocenters. The first kappa shape index (κ1) is 22.3. The van der Waals surface area contributed by atoms with E-state index >= 15 is 0 Å². The standard InChI is InChI=1S/C23H22ClN5O4/c1-15(33-19-5-3-4-17(24)14-19)23(30)25-12-13-32-21-11-10-20-26-27-22(29(20)28-21)16-6-8-18(31-2)9-7-16/h3-11,14-15H,12-13H2,1-2H3,(H,25,30). The predicted octanol–water partition coefficient (Wildman–Crippen LogP) is 3.42. The van der Waals surface area contributed by atoms with Gasteiger partial charge in [0.05, 0.1) is 13.7 Å². The van der Waals surface area contributed by atoms with Crippen molar-refractivity contribution in [2.45, 2.75) is 13.0 Å². The van der Waals surface area contributed by atoms with Crippen LogP contribution in [0.4, 0.5) is 0 Å². The van der Waals surface area contributed by atoms with Crippen molar-refractivity contribution in [3.63, 3.8) is 0 Å². The van der Waals surface area contributed by atoms with Crippen molar-refractivity contribution in [3.8, 4) is 28.8 Å². The summed E-state index contributed by atoms with van der Waals surface area (Å²) in [6.07, 6.45) is -0.679. The van der Waals surface area contributed by atoms with E-state index in [0.29, 0.717) is 28.1 Å². The Bertz CT molecular complexity index is 1250. The van der Waals surface area contributed by atoms with Gasteiger partial charge in [0.25, 0.3) is 5.91 Å². The first-order valence-corrected chi connectivity index (χ1v) is 10.6. The molecule has 10 heteroatoms. The number of carbonyl (C=O) groups excluding carboxylic acids is 1. The van der Waals surface area contributed by atoms with Crippen LogP contribution in [-0.2, 0) is 4.79 Å². The van der Waals surface area contributed by atoms with E-state index in [1.807, 2.05) is 24.3 Å². The lowest BCUT2D eigenvalue weighted by molar-refractivity contribution is -0.127. The number of halogens is 1. The number of nitrogens with zero attached hydrogens (tertiary/aromatic N) is 4. The predicted molar refractivity (Wildman–Crippen MR) is 123 cm³/mol. The van der Waals surface area contributed by atoms with E-state index in [2.05, 4.69) is 20.6 Å². The van der Waals surface area contributed by atoms with Crippen LogP contribution in [0, 0.1) is 0 Å². The highest BCUT2D eigenvalue weighted by molar-refractivity contribution is 6.30. The van der Waals surface area contributed by atoms with E-state index in [1.54, 1.807) is 54.9 Å². The summed E-state index contributed by atoms with van der Waals surface area (Å²) < 4.78 is 18.1. The highest BCUT2D eigenvalue weighted by Crippen LogP contribution is 2.22. The summed E-state index contributed by atoms with van der Waals surface area (Å²) in [5.41, 5.74) is 1.43. The molecule has 0 radical (unpaired) electrons. The van der Waals surface area contributed by atoms with Crippen LogP contribution < -0.4 is 19.5 Å². The van der Waals surface area contributed by atoms with Gasteiger partial charge in [-0.05, 0) is 55.5 Å². The molecule has 9 nitrogen and oxygen atoms in total. The first-order chi connectivity index (χ1) is 16.0. The highest BCUT2D eigenvalue weighted by atomic mass is 35.5. The fourth-order valence-electron chi connectivity index (χ4n) is 3.04. The molecule has 2 aromatic carbocycles. The van der Waals surface area contributed by atoms with Crippen molar-refractivity contribution in [2.24, 2.45) is 0 Å². The second-order valence-electron chi connectivity index (χ2n) is 7.05. The average Bonchev–Trinajstić information content (AvgIpc) is 3.25. The molecule has 170 valence electrons. The Morgan fingerprint density at radius 1 is 1.09 bits per heavy atom. The number of aromatic nitrogens is 4. The molecule has 0 spiro atoms. The van der Waals surface area contributed by atoms with E-state index in [1.165, 1.54) is 0 Å². The molecule has 4 aromatic rings. The van der Waals surface area contributed by atoms with E-state index < -0.39 is 6.10 Å². The number of methoxy groups -OCH3 is 1. The van der Waals surface area contributed by atoms with Crippen LogP contribution in [-0.4, -0.2) is 52.1 Å². The van der Waals surface area contributed by atoms with Crippen molar-refractivity contribution in [3.05, 3.63) is 65.7 Å². The SMILES string of the molecule is COc1ccc(-c2nnc3ccc(OCCNC(=O)C(C)Oc4cccc(Cl)c4)nn23)cc1. The van der Waals surface area contributed by atoms with Crippen molar-refractivity contribution in [1.29, 1.82) is 0 Å². The van der Waals surface area contributed by atoms with Gasteiger partial charge in [-0.3, -0.25) is 4.79 Å². The Hall–Kier alpha value is -3.85. The topological polar surface area (TPSA) is 99.9 Å². The number of carbonyl (C=O) groups is 1. The smallest absolute Gasteiger partial charge is 0.260 e. The summed E-state index contributed by atoms with van der Waals surface area (Å²) in [7, 11) is 1.61. The second kappa shape index (κ2) is 10.2. The third-order valence-electron chi connectivity index (χ3n) is 4.72. The van der Waals surface area contributed by atoms with Crippen LogP contribution in [0.15, 0.2) is 60.7 Å². The Labute approximate surface area is 195 Å². The number of ether oxygens (including phenoxy) is 3. The number of benzene rings is 2. The molecule has 33 heavy (non-hydrogen) atoms. The van der Waals surface area contributed by atoms with Crippen molar-refractivity contribution >= 4 is 23.2 Å². The van der Waals surface area contributed by atoms with Gasteiger partial charge in [0.1, 0.15) is 18.1 Å². The van der Waals surface area contributed by atoms with Crippen molar-refractivity contribution in [2.75, 3.05) is 20.3 Å². The highest BCUT2D eigenvalue weighted by Gasteiger charge is 2.15. The van der Waals surface area contributed by atoms with Gasteiger partial charge < -0.3 is 19.5 Å². The number of amides is 1. The molecule has 4 rings (SSSR count). The monoisotopic (exact) mass is 467 g/mol. The van der Waals surface area contributed by atoms with Gasteiger partial charge in [-0.2, -0.15) is 4.52 Å². The zero-order valence-corrected chi connectivity index (χ0v) is 18.8. The molecular weight excluding hydrogens is 446 g/mol. The summed E-state index contributed by atoms with van der Waals surface area (Å²) >= 11 is 5.94. The molecule has 2 aromatic heterocycles. The molecule has 0 saturated heterocycles. The number of fused-ring (bicyclic) bond motifs is 1. The van der Waals surface area contributed by atoms with Crippen LogP contribution in [0.1, 0.15) is 6.92 Å². The summed E-state index contributed by atoms with van der Waals surface area (Å²) in [6.45, 7) is 2.18. The Balaban J connectivity index is 1.32. The molecule has 0 saturated carbocycles. The summed E-state index contributed by atoms with van der Waals surface area (Å²) in [4.78, 5) is 12.3. The Morgan fingerprint density at radius 3 is 2.67 bits per heavy atom. The maximum atomic E-state index is 12.3. The minimum Gasteiger partial charge on any atom is -0.497 e. The molecule has 0 fully saturated rings. The average molecular weight is 468 g/mol. The number of hydrogen-bond donors (Lipinski definition) is 1. The zero-order valence-electron chi connectivity index (χ0n) is 18.1. The van der Waals surface area contributed by atoms with Crippen LogP contribution in [0.2, 0.25) is 5.02 Å². The normalized spacial score (nSPS) is 11.7. The summed E-state index contributed by atoms with van der Waals surface area (Å²) in [5.74, 6) is 1.98. The van der Waals surface area contributed by atoms with Crippen molar-refractivity contribution in [1.82, 2.24) is 25.1 Å². The maximum absolute atomic E-state index is 12.3. The van der Waals surface area contributed by atoms with Crippen molar-refractivity contribution < 1.29 is 19.0 Å². The molecular formula is C23H22ClN5O4. The molecule has 1 N–H and O–H groups in total. The van der Waals surface area contributed by atoms with Gasteiger partial charge in [0, 0.05) is 16.7 Å². The molecule has 2 heterocycles. The van der Waals surface area contributed by atoms with Gasteiger partial charge in [0.15, 0.2) is 17.6 Å².